The largest absolute Gasteiger partial charge is 0.494 e. The lowest BCUT2D eigenvalue weighted by molar-refractivity contribution is -0.114. The van der Waals surface area contributed by atoms with Gasteiger partial charge in [-0.2, -0.15) is 0 Å². The Morgan fingerprint density at radius 2 is 1.73 bits per heavy atom. The van der Waals surface area contributed by atoms with Crippen molar-refractivity contribution in [2.45, 2.75) is 20.8 Å². The Hall–Kier alpha value is -3.08. The minimum atomic E-state index is -0.537. The molecule has 0 atom stereocenters. The van der Waals surface area contributed by atoms with E-state index in [0.717, 1.165) is 16.7 Å². The molecule has 0 spiro atoms. The summed E-state index contributed by atoms with van der Waals surface area (Å²) in [6, 6.07) is 14.7. The third kappa shape index (κ3) is 3.20. The van der Waals surface area contributed by atoms with Crippen LogP contribution >= 0.6 is 0 Å². The van der Waals surface area contributed by atoms with Crippen molar-refractivity contribution in [2.24, 2.45) is 0 Å². The van der Waals surface area contributed by atoms with Gasteiger partial charge in [0.25, 0.3) is 11.7 Å². The van der Waals surface area contributed by atoms with E-state index in [2.05, 4.69) is 4.98 Å². The molecule has 0 aliphatic rings. The molecule has 1 aromatic heterocycles. The number of amides is 1. The molecule has 1 amide bonds. The van der Waals surface area contributed by atoms with Crippen molar-refractivity contribution in [1.82, 2.24) is 4.98 Å². The summed E-state index contributed by atoms with van der Waals surface area (Å²) in [6.07, 6.45) is 0. The van der Waals surface area contributed by atoms with E-state index in [1.807, 2.05) is 45.0 Å². The van der Waals surface area contributed by atoms with Gasteiger partial charge in [0.1, 0.15) is 5.75 Å². The molecule has 26 heavy (non-hydrogen) atoms. The van der Waals surface area contributed by atoms with Gasteiger partial charge in [-0.15, -0.1) is 0 Å². The maximum absolute atomic E-state index is 12.9. The van der Waals surface area contributed by atoms with Crippen LogP contribution in [0.15, 0.2) is 48.5 Å². The van der Waals surface area contributed by atoms with Crippen molar-refractivity contribution >= 4 is 28.3 Å². The van der Waals surface area contributed by atoms with Crippen LogP contribution in [0, 0.1) is 6.92 Å². The van der Waals surface area contributed by atoms with Gasteiger partial charge in [-0.3, -0.25) is 9.59 Å². The quantitative estimate of drug-likeness (QED) is 0.537. The molecule has 0 aliphatic carbocycles. The van der Waals surface area contributed by atoms with Gasteiger partial charge in [0.15, 0.2) is 0 Å². The van der Waals surface area contributed by atoms with E-state index < -0.39 is 11.7 Å². The fraction of sp³-hybridized carbons (Fsp3) is 0.238. The fourth-order valence-corrected chi connectivity index (χ4v) is 3.13. The first-order valence-electron chi connectivity index (χ1n) is 8.73. The number of fused-ring (bicyclic) bond motifs is 1. The summed E-state index contributed by atoms with van der Waals surface area (Å²) in [5, 5.41) is 0.770. The number of rotatable bonds is 6. The van der Waals surface area contributed by atoms with Crippen molar-refractivity contribution in [3.8, 4) is 5.75 Å². The molecule has 5 nitrogen and oxygen atoms in total. The lowest BCUT2D eigenvalue weighted by Gasteiger charge is -2.20. The second-order valence-electron chi connectivity index (χ2n) is 5.98. The van der Waals surface area contributed by atoms with Gasteiger partial charge >= 0.3 is 0 Å². The van der Waals surface area contributed by atoms with Crippen LogP contribution in [0.4, 0.5) is 5.69 Å². The van der Waals surface area contributed by atoms with Crippen LogP contribution in [0.1, 0.15) is 29.9 Å². The zero-order chi connectivity index (χ0) is 18.7. The lowest BCUT2D eigenvalue weighted by atomic mass is 10.1. The summed E-state index contributed by atoms with van der Waals surface area (Å²) in [5.74, 6) is -0.307. The van der Waals surface area contributed by atoms with E-state index in [4.69, 9.17) is 4.74 Å². The predicted octanol–water partition coefficient (Wildman–Crippen LogP) is 4.11. The van der Waals surface area contributed by atoms with Crippen LogP contribution in [0.25, 0.3) is 10.9 Å². The summed E-state index contributed by atoms with van der Waals surface area (Å²) in [7, 11) is 0. The van der Waals surface area contributed by atoms with Crippen LogP contribution in [0.5, 0.6) is 5.75 Å². The number of ketones is 1. The number of nitrogens with zero attached hydrogens (tertiary/aromatic N) is 1. The maximum atomic E-state index is 12.9. The molecule has 2 aromatic carbocycles. The van der Waals surface area contributed by atoms with Gasteiger partial charge in [-0.1, -0.05) is 18.2 Å². The molecule has 5 heteroatoms. The Morgan fingerprint density at radius 3 is 2.38 bits per heavy atom. The standard InChI is InChI=1S/C21H22N2O3/c1-4-23(15-10-12-16(13-11-15)26-5-2)21(25)20(24)19-14(3)22-18-9-7-6-8-17(18)19/h6-13,22H,4-5H2,1-3H3. The molecule has 0 unspecified atom stereocenters. The number of para-hydroxylation sites is 1. The maximum Gasteiger partial charge on any atom is 0.299 e. The number of hydrogen-bond donors (Lipinski definition) is 1. The monoisotopic (exact) mass is 350 g/mol. The Kier molecular flexibility index (Phi) is 5.07. The number of H-pyrrole nitrogens is 1. The Labute approximate surface area is 152 Å². The third-order valence-electron chi connectivity index (χ3n) is 4.34. The molecule has 0 fully saturated rings. The van der Waals surface area contributed by atoms with Gasteiger partial charge in [0.2, 0.25) is 0 Å². The highest BCUT2D eigenvalue weighted by molar-refractivity contribution is 6.49. The van der Waals surface area contributed by atoms with Crippen LogP contribution in [0.2, 0.25) is 0 Å². The number of nitrogens with one attached hydrogen (secondary N) is 1. The Balaban J connectivity index is 1.92. The second kappa shape index (κ2) is 7.44. The second-order valence-corrected chi connectivity index (χ2v) is 5.98. The molecule has 1 heterocycles. The first kappa shape index (κ1) is 17.7. The van der Waals surface area contributed by atoms with Gasteiger partial charge < -0.3 is 14.6 Å². The first-order chi connectivity index (χ1) is 12.6. The normalized spacial score (nSPS) is 10.7. The van der Waals surface area contributed by atoms with Crippen molar-refractivity contribution in [3.63, 3.8) is 0 Å². The number of carbonyl (C=O) groups excluding carboxylic acids is 2. The number of benzene rings is 2. The molecule has 134 valence electrons. The third-order valence-corrected chi connectivity index (χ3v) is 4.34. The highest BCUT2D eigenvalue weighted by Gasteiger charge is 2.27. The first-order valence-corrected chi connectivity index (χ1v) is 8.73. The number of likely N-dealkylation sites (N-methyl/N-ethyl adjacent to an activating group) is 1. The Morgan fingerprint density at radius 1 is 1.04 bits per heavy atom. The van der Waals surface area contributed by atoms with Crippen molar-refractivity contribution in [3.05, 3.63) is 59.8 Å². The molecule has 1 N–H and O–H groups in total. The van der Waals surface area contributed by atoms with Gasteiger partial charge in [0, 0.05) is 28.8 Å². The van der Waals surface area contributed by atoms with Crippen LogP contribution < -0.4 is 9.64 Å². The van der Waals surface area contributed by atoms with Gasteiger partial charge in [-0.05, 0) is 51.1 Å². The number of aromatic amines is 1. The zero-order valence-corrected chi connectivity index (χ0v) is 15.2. The number of hydrogen-bond acceptors (Lipinski definition) is 3. The molecule has 0 radical (unpaired) electrons. The van der Waals surface area contributed by atoms with Crippen molar-refractivity contribution < 1.29 is 14.3 Å². The molecule has 0 bridgehead atoms. The molecule has 0 aliphatic heterocycles. The molecule has 3 rings (SSSR count). The smallest absolute Gasteiger partial charge is 0.299 e. The molecule has 0 saturated heterocycles. The average Bonchev–Trinajstić information content (AvgIpc) is 2.99. The lowest BCUT2D eigenvalue weighted by Crippen LogP contribution is -2.36. The Bertz CT molecular complexity index is 942. The average molecular weight is 350 g/mol. The number of carbonyl (C=O) groups is 2. The van der Waals surface area contributed by atoms with Gasteiger partial charge in [-0.25, -0.2) is 0 Å². The summed E-state index contributed by atoms with van der Waals surface area (Å²) < 4.78 is 5.43. The van der Waals surface area contributed by atoms with Crippen LogP contribution in [-0.4, -0.2) is 29.8 Å². The van der Waals surface area contributed by atoms with E-state index >= 15 is 0 Å². The van der Waals surface area contributed by atoms with E-state index in [0.29, 0.717) is 30.1 Å². The van der Waals surface area contributed by atoms with E-state index in [1.54, 1.807) is 24.3 Å². The van der Waals surface area contributed by atoms with E-state index in [1.165, 1.54) is 4.90 Å². The number of anilines is 1. The molecule has 0 saturated carbocycles. The molecule has 3 aromatic rings. The zero-order valence-electron chi connectivity index (χ0n) is 15.2. The summed E-state index contributed by atoms with van der Waals surface area (Å²) in [5.41, 5.74) is 2.67. The van der Waals surface area contributed by atoms with Crippen molar-refractivity contribution in [2.75, 3.05) is 18.1 Å². The number of ether oxygens (including phenoxy) is 1. The SMILES string of the molecule is CCOc1ccc(N(CC)C(=O)C(=O)c2c(C)[nH]c3ccccc23)cc1. The fourth-order valence-electron chi connectivity index (χ4n) is 3.13. The predicted molar refractivity (Wildman–Crippen MR) is 103 cm³/mol. The summed E-state index contributed by atoms with van der Waals surface area (Å²) in [6.45, 7) is 6.56. The minimum Gasteiger partial charge on any atom is -0.494 e. The van der Waals surface area contributed by atoms with Crippen molar-refractivity contribution in [1.29, 1.82) is 0 Å². The van der Waals surface area contributed by atoms with Crippen LogP contribution in [0.3, 0.4) is 0 Å². The van der Waals surface area contributed by atoms with Gasteiger partial charge in [0.05, 0.1) is 12.2 Å². The summed E-state index contributed by atoms with van der Waals surface area (Å²) >= 11 is 0. The molecular weight excluding hydrogens is 328 g/mol. The summed E-state index contributed by atoms with van der Waals surface area (Å²) in [4.78, 5) is 30.5. The van der Waals surface area contributed by atoms with Crippen LogP contribution in [-0.2, 0) is 4.79 Å². The van der Waals surface area contributed by atoms with E-state index in [9.17, 15) is 9.59 Å². The molecular formula is C21H22N2O3. The number of aryl methyl sites for hydroxylation is 1. The van der Waals surface area contributed by atoms with E-state index in [-0.39, 0.29) is 0 Å². The number of aromatic nitrogens is 1. The number of Topliss-reactive ketones (excluding diaryl/α,β-unsaturated/α-hetero) is 1. The highest BCUT2D eigenvalue weighted by atomic mass is 16.5. The highest BCUT2D eigenvalue weighted by Crippen LogP contribution is 2.25. The minimum absolute atomic E-state index is 0.403. The topological polar surface area (TPSA) is 62.4 Å².